The molecule has 86 valence electrons. The lowest BCUT2D eigenvalue weighted by Gasteiger charge is -2.14. The molecule has 8 heteroatoms. The van der Waals surface area contributed by atoms with E-state index in [1.54, 1.807) is 0 Å². The number of hydrogen-bond acceptors (Lipinski definition) is 5. The highest BCUT2D eigenvalue weighted by Crippen LogP contribution is 2.31. The van der Waals surface area contributed by atoms with Gasteiger partial charge in [-0.15, -0.1) is 6.58 Å². The van der Waals surface area contributed by atoms with E-state index >= 15 is 0 Å². The maximum absolute atomic E-state index is 11.2. The van der Waals surface area contributed by atoms with Crippen LogP contribution in [0, 0.1) is 0 Å². The van der Waals surface area contributed by atoms with Crippen molar-refractivity contribution in [3.63, 3.8) is 0 Å². The van der Waals surface area contributed by atoms with Gasteiger partial charge in [0.2, 0.25) is 0 Å². The number of nitrogens with one attached hydrogen (secondary N) is 1. The zero-order valence-electron chi connectivity index (χ0n) is 7.96. The van der Waals surface area contributed by atoms with Gasteiger partial charge in [0.05, 0.1) is 6.10 Å². The van der Waals surface area contributed by atoms with E-state index in [-0.39, 0.29) is 6.10 Å². The van der Waals surface area contributed by atoms with Gasteiger partial charge in [0.25, 0.3) is 0 Å². The Morgan fingerprint density at radius 2 is 2.33 bits per heavy atom. The normalized spacial score (nSPS) is 21.5. The second-order valence-corrected chi connectivity index (χ2v) is 4.43. The summed E-state index contributed by atoms with van der Waals surface area (Å²) in [6, 6.07) is -1.00. The molecule has 2 atom stereocenters. The molecule has 1 aliphatic carbocycles. The Morgan fingerprint density at radius 3 is 2.73 bits per heavy atom. The molecule has 0 bridgehead atoms. The summed E-state index contributed by atoms with van der Waals surface area (Å²) >= 11 is 0. The number of hydrogen-bond donors (Lipinski definition) is 3. The molecular weight excluding hydrogens is 223 g/mol. The third-order valence-electron chi connectivity index (χ3n) is 1.60. The van der Waals surface area contributed by atoms with Crippen LogP contribution in [-0.2, 0) is 18.7 Å². The van der Waals surface area contributed by atoms with Gasteiger partial charge in [0, 0.05) is 0 Å². The lowest BCUT2D eigenvalue weighted by Crippen LogP contribution is -2.36. The van der Waals surface area contributed by atoms with Crippen molar-refractivity contribution in [1.82, 2.24) is 5.48 Å². The molecule has 0 aromatic heterocycles. The number of carbonyl (C=O) groups is 1. The van der Waals surface area contributed by atoms with Crippen molar-refractivity contribution in [1.29, 1.82) is 0 Å². The summed E-state index contributed by atoms with van der Waals surface area (Å²) in [6.07, 6.45) is 3.11. The van der Waals surface area contributed by atoms with Crippen molar-refractivity contribution < 1.29 is 23.6 Å². The van der Waals surface area contributed by atoms with E-state index in [4.69, 9.17) is 9.73 Å². The molecular formula is C7H13N2O5P. The minimum atomic E-state index is -4.31. The summed E-state index contributed by atoms with van der Waals surface area (Å²) in [7, 11) is -4.31. The van der Waals surface area contributed by atoms with Gasteiger partial charge >= 0.3 is 13.7 Å². The molecule has 1 fully saturated rings. The molecule has 0 aliphatic heterocycles. The Bertz CT molecular complexity index is 298. The highest BCUT2D eigenvalue weighted by Gasteiger charge is 2.28. The van der Waals surface area contributed by atoms with Gasteiger partial charge in [0.1, 0.15) is 6.04 Å². The second-order valence-electron chi connectivity index (χ2n) is 3.12. The largest absolute Gasteiger partial charge is 0.455 e. The van der Waals surface area contributed by atoms with E-state index in [2.05, 4.69) is 22.1 Å². The Labute approximate surface area is 86.8 Å². The number of hydroxylamine groups is 1. The summed E-state index contributed by atoms with van der Waals surface area (Å²) in [5.41, 5.74) is 7.04. The third-order valence-corrected chi connectivity index (χ3v) is 2.04. The van der Waals surface area contributed by atoms with Crippen molar-refractivity contribution in [3.05, 3.63) is 12.7 Å². The van der Waals surface area contributed by atoms with Crippen molar-refractivity contribution >= 4 is 13.7 Å². The Hall–Kier alpha value is -0.720. The fraction of sp³-hybridized carbons (Fsp3) is 0.571. The van der Waals surface area contributed by atoms with Crippen LogP contribution >= 0.6 is 7.75 Å². The van der Waals surface area contributed by atoms with Gasteiger partial charge in [-0.05, 0) is 12.8 Å². The molecule has 0 aromatic carbocycles. The van der Waals surface area contributed by atoms with Gasteiger partial charge in [-0.2, -0.15) is 5.48 Å². The first kappa shape index (κ1) is 12.4. The van der Waals surface area contributed by atoms with Crippen LogP contribution in [0.15, 0.2) is 12.7 Å². The van der Waals surface area contributed by atoms with E-state index in [1.165, 1.54) is 6.08 Å². The highest BCUT2D eigenvalue weighted by molar-refractivity contribution is 7.50. The van der Waals surface area contributed by atoms with Crippen LogP contribution in [-0.4, -0.2) is 23.0 Å². The molecule has 1 rings (SSSR count). The maximum atomic E-state index is 11.2. The van der Waals surface area contributed by atoms with Crippen LogP contribution < -0.4 is 11.0 Å². The van der Waals surface area contributed by atoms with Crippen molar-refractivity contribution in [3.8, 4) is 0 Å². The Kier molecular flexibility index (Phi) is 4.01. The Balaban J connectivity index is 2.38. The minimum Gasteiger partial charge on any atom is -0.379 e. The van der Waals surface area contributed by atoms with Crippen LogP contribution in [0.2, 0.25) is 0 Å². The fourth-order valence-electron chi connectivity index (χ4n) is 0.734. The monoisotopic (exact) mass is 236 g/mol. The molecule has 0 heterocycles. The predicted octanol–water partition coefficient (Wildman–Crippen LogP) is -0.173. The number of carbonyl (C=O) groups excluding carboxylic acids is 1. The van der Waals surface area contributed by atoms with Crippen molar-refractivity contribution in [2.24, 2.45) is 5.50 Å². The van der Waals surface area contributed by atoms with Gasteiger partial charge in [-0.3, -0.25) is 4.84 Å². The molecule has 7 nitrogen and oxygen atoms in total. The molecule has 0 saturated heterocycles. The summed E-state index contributed by atoms with van der Waals surface area (Å²) < 4.78 is 14.7. The number of rotatable bonds is 6. The van der Waals surface area contributed by atoms with Gasteiger partial charge in [-0.1, -0.05) is 6.08 Å². The average Bonchev–Trinajstić information content (AvgIpc) is 2.85. The van der Waals surface area contributed by atoms with E-state index in [1.807, 2.05) is 0 Å². The molecule has 0 amide bonds. The molecule has 1 unspecified atom stereocenters. The van der Waals surface area contributed by atoms with Gasteiger partial charge < -0.3 is 9.42 Å². The van der Waals surface area contributed by atoms with Crippen LogP contribution in [0.25, 0.3) is 0 Å². The minimum absolute atomic E-state index is 0.0825. The molecule has 0 spiro atoms. The zero-order chi connectivity index (χ0) is 11.5. The molecule has 4 N–H and O–H groups in total. The molecule has 0 aromatic rings. The quantitative estimate of drug-likeness (QED) is 0.333. The van der Waals surface area contributed by atoms with E-state index in [9.17, 15) is 9.36 Å². The first-order valence-electron chi connectivity index (χ1n) is 4.31. The molecule has 0 radical (unpaired) electrons. The third kappa shape index (κ3) is 5.06. The van der Waals surface area contributed by atoms with Crippen molar-refractivity contribution in [2.75, 3.05) is 0 Å². The first-order valence-corrected chi connectivity index (χ1v) is 5.95. The summed E-state index contributed by atoms with van der Waals surface area (Å²) in [5.74, 6) is -1.00. The van der Waals surface area contributed by atoms with Crippen LogP contribution in [0.5, 0.6) is 0 Å². The predicted molar refractivity (Wildman–Crippen MR) is 51.3 cm³/mol. The second kappa shape index (κ2) is 4.87. The van der Waals surface area contributed by atoms with E-state index < -0.39 is 19.8 Å². The van der Waals surface area contributed by atoms with Crippen molar-refractivity contribution in [2.45, 2.75) is 25.0 Å². The average molecular weight is 236 g/mol. The molecule has 15 heavy (non-hydrogen) atoms. The van der Waals surface area contributed by atoms with E-state index in [0.29, 0.717) is 0 Å². The fourth-order valence-corrected chi connectivity index (χ4v) is 1.10. The van der Waals surface area contributed by atoms with Crippen LogP contribution in [0.1, 0.15) is 12.8 Å². The highest BCUT2D eigenvalue weighted by atomic mass is 31.2. The summed E-state index contributed by atoms with van der Waals surface area (Å²) in [6.45, 7) is 3.35. The lowest BCUT2D eigenvalue weighted by molar-refractivity contribution is -0.140. The summed E-state index contributed by atoms with van der Waals surface area (Å²) in [4.78, 5) is 24.8. The van der Waals surface area contributed by atoms with E-state index in [0.717, 1.165) is 12.8 Å². The van der Waals surface area contributed by atoms with Gasteiger partial charge in [0.15, 0.2) is 0 Å². The zero-order valence-corrected chi connectivity index (χ0v) is 8.85. The van der Waals surface area contributed by atoms with Crippen LogP contribution in [0.4, 0.5) is 0 Å². The Morgan fingerprint density at radius 1 is 1.73 bits per heavy atom. The SMILES string of the molecule is C=C[C@H](NOC1CC1)C(=O)OP(N)(=O)O. The standard InChI is InChI=1S/C7H13N2O5P/c1-2-6(9-13-5-3-4-5)7(10)14-15(8,11)12/h2,5-6,9H,1,3-4H2,(H3,8,11,12)/t6-/m0/s1. The number of nitrogens with two attached hydrogens (primary N) is 1. The smallest absolute Gasteiger partial charge is 0.379 e. The topological polar surface area (TPSA) is 111 Å². The summed E-state index contributed by atoms with van der Waals surface area (Å²) in [5, 5.41) is 0. The first-order chi connectivity index (χ1) is 6.92. The van der Waals surface area contributed by atoms with Gasteiger partial charge in [-0.25, -0.2) is 14.9 Å². The van der Waals surface area contributed by atoms with Crippen LogP contribution in [0.3, 0.4) is 0 Å². The molecule has 1 saturated carbocycles. The molecule has 1 aliphatic rings. The maximum Gasteiger partial charge on any atom is 0.455 e. The lowest BCUT2D eigenvalue weighted by atomic mass is 10.3.